The zero-order valence-corrected chi connectivity index (χ0v) is 11.5. The van der Waals surface area contributed by atoms with Crippen LogP contribution in [0.1, 0.15) is 0 Å². The molecule has 1 fully saturated rings. The summed E-state index contributed by atoms with van der Waals surface area (Å²) in [5.41, 5.74) is 2.09. The van der Waals surface area contributed by atoms with E-state index in [1.807, 2.05) is 24.4 Å². The van der Waals surface area contributed by atoms with Gasteiger partial charge in [0.25, 0.3) is 0 Å². The molecule has 1 aliphatic heterocycles. The summed E-state index contributed by atoms with van der Waals surface area (Å²) < 4.78 is 5.67. The van der Waals surface area contributed by atoms with Crippen molar-refractivity contribution in [2.75, 3.05) is 29.9 Å². The molecule has 0 radical (unpaired) electrons. The smallest absolute Gasteiger partial charge is 0.0950 e. The first-order valence-corrected chi connectivity index (χ1v) is 7.13. The van der Waals surface area contributed by atoms with Gasteiger partial charge < -0.3 is 9.64 Å². The highest BCUT2D eigenvalue weighted by Crippen LogP contribution is 2.25. The molecule has 2 aromatic rings. The van der Waals surface area contributed by atoms with Crippen LogP contribution in [0, 0.1) is 0 Å². The maximum Gasteiger partial charge on any atom is 0.0950 e. The van der Waals surface area contributed by atoms with Crippen molar-refractivity contribution in [1.82, 2.24) is 10.2 Å². The van der Waals surface area contributed by atoms with Crippen molar-refractivity contribution < 1.29 is 4.74 Å². The van der Waals surface area contributed by atoms with Crippen LogP contribution in [0.4, 0.5) is 5.69 Å². The quantitative estimate of drug-likeness (QED) is 0.798. The minimum atomic E-state index is 0.241. The monoisotopic (exact) mass is 307 g/mol. The van der Waals surface area contributed by atoms with Gasteiger partial charge in [-0.25, -0.2) is 0 Å². The fourth-order valence-electron chi connectivity index (χ4n) is 2.28. The molecule has 0 spiro atoms. The van der Waals surface area contributed by atoms with Crippen LogP contribution in [0.15, 0.2) is 30.5 Å². The van der Waals surface area contributed by atoms with Crippen LogP contribution in [0.5, 0.6) is 0 Å². The van der Waals surface area contributed by atoms with E-state index in [0.717, 1.165) is 41.6 Å². The van der Waals surface area contributed by atoms with E-state index in [4.69, 9.17) is 4.74 Å². The molecule has 1 aromatic heterocycles. The highest BCUT2D eigenvalue weighted by molar-refractivity contribution is 9.09. The average Bonchev–Trinajstić information content (AvgIpc) is 2.47. The van der Waals surface area contributed by atoms with Gasteiger partial charge in [0.2, 0.25) is 0 Å². The Hall–Kier alpha value is -1.20. The Morgan fingerprint density at radius 1 is 1.39 bits per heavy atom. The van der Waals surface area contributed by atoms with Crippen LogP contribution in [-0.2, 0) is 4.74 Å². The standard InChI is InChI=1S/C13H14BrN3O/c14-7-10-9-17(5-6-18-10)13-8-15-16-12-4-2-1-3-11(12)13/h1-4,8,10H,5-7,9H2. The van der Waals surface area contributed by atoms with Gasteiger partial charge in [-0.3, -0.25) is 0 Å². The fourth-order valence-corrected chi connectivity index (χ4v) is 2.67. The van der Waals surface area contributed by atoms with Crippen LogP contribution in [-0.4, -0.2) is 41.3 Å². The summed E-state index contributed by atoms with van der Waals surface area (Å²) in [6.07, 6.45) is 2.09. The van der Waals surface area contributed by atoms with Crippen LogP contribution in [0.25, 0.3) is 10.9 Å². The molecule has 94 valence electrons. The fraction of sp³-hybridized carbons (Fsp3) is 0.385. The van der Waals surface area contributed by atoms with Crippen molar-refractivity contribution in [2.24, 2.45) is 0 Å². The number of halogens is 1. The van der Waals surface area contributed by atoms with E-state index in [1.165, 1.54) is 0 Å². The van der Waals surface area contributed by atoms with E-state index in [9.17, 15) is 0 Å². The van der Waals surface area contributed by atoms with E-state index < -0.39 is 0 Å². The van der Waals surface area contributed by atoms with Crippen molar-refractivity contribution in [3.63, 3.8) is 0 Å². The first-order chi connectivity index (χ1) is 8.88. The van der Waals surface area contributed by atoms with Gasteiger partial charge in [0.1, 0.15) is 0 Å². The Balaban J connectivity index is 1.98. The van der Waals surface area contributed by atoms with Crippen molar-refractivity contribution in [3.05, 3.63) is 30.5 Å². The number of morpholine rings is 1. The lowest BCUT2D eigenvalue weighted by Crippen LogP contribution is -2.43. The molecule has 0 amide bonds. The van der Waals surface area contributed by atoms with Gasteiger partial charge >= 0.3 is 0 Å². The van der Waals surface area contributed by atoms with Gasteiger partial charge in [-0.05, 0) is 6.07 Å². The molecule has 0 saturated carbocycles. The van der Waals surface area contributed by atoms with Gasteiger partial charge in [0.15, 0.2) is 0 Å². The molecule has 0 N–H and O–H groups in total. The van der Waals surface area contributed by atoms with Crippen molar-refractivity contribution in [3.8, 4) is 0 Å². The van der Waals surface area contributed by atoms with Gasteiger partial charge in [0, 0.05) is 23.8 Å². The lowest BCUT2D eigenvalue weighted by molar-refractivity contribution is 0.0571. The molecule has 18 heavy (non-hydrogen) atoms. The number of nitrogens with zero attached hydrogens (tertiary/aromatic N) is 3. The lowest BCUT2D eigenvalue weighted by Gasteiger charge is -2.34. The largest absolute Gasteiger partial charge is 0.374 e. The summed E-state index contributed by atoms with van der Waals surface area (Å²) in [4.78, 5) is 2.33. The van der Waals surface area contributed by atoms with Gasteiger partial charge in [-0.1, -0.05) is 34.1 Å². The molecule has 0 bridgehead atoms. The highest BCUT2D eigenvalue weighted by Gasteiger charge is 2.21. The summed E-state index contributed by atoms with van der Waals surface area (Å²) >= 11 is 3.48. The third kappa shape index (κ3) is 2.20. The molecule has 0 aliphatic carbocycles. The number of ether oxygens (including phenoxy) is 1. The third-order valence-electron chi connectivity index (χ3n) is 3.18. The Labute approximate surface area is 114 Å². The van der Waals surface area contributed by atoms with E-state index >= 15 is 0 Å². The first kappa shape index (κ1) is 11.9. The highest BCUT2D eigenvalue weighted by atomic mass is 79.9. The van der Waals surface area contributed by atoms with E-state index in [-0.39, 0.29) is 6.10 Å². The van der Waals surface area contributed by atoms with Crippen molar-refractivity contribution >= 4 is 32.5 Å². The molecular formula is C13H14BrN3O. The number of alkyl halides is 1. The normalized spacial score (nSPS) is 20.3. The Morgan fingerprint density at radius 2 is 2.28 bits per heavy atom. The second-order valence-corrected chi connectivity index (χ2v) is 4.99. The zero-order valence-electron chi connectivity index (χ0n) is 9.92. The number of hydrogen-bond donors (Lipinski definition) is 0. The van der Waals surface area contributed by atoms with Gasteiger partial charge in [-0.2, -0.15) is 10.2 Å². The molecule has 1 atom stereocenters. The zero-order chi connectivity index (χ0) is 12.4. The molecule has 2 heterocycles. The van der Waals surface area contributed by atoms with Crippen molar-refractivity contribution in [2.45, 2.75) is 6.10 Å². The number of benzene rings is 1. The molecular weight excluding hydrogens is 294 g/mol. The number of rotatable bonds is 2. The Kier molecular flexibility index (Phi) is 3.43. The topological polar surface area (TPSA) is 38.2 Å². The SMILES string of the molecule is BrCC1CN(c2cnnc3ccccc23)CCO1. The first-order valence-electron chi connectivity index (χ1n) is 6.01. The van der Waals surface area contributed by atoms with Crippen molar-refractivity contribution in [1.29, 1.82) is 0 Å². The molecule has 1 aliphatic rings. The number of anilines is 1. The summed E-state index contributed by atoms with van der Waals surface area (Å²) in [5.74, 6) is 0. The number of aromatic nitrogens is 2. The second-order valence-electron chi connectivity index (χ2n) is 4.34. The third-order valence-corrected chi connectivity index (χ3v) is 3.90. The predicted octanol–water partition coefficient (Wildman–Crippen LogP) is 2.23. The summed E-state index contributed by atoms with van der Waals surface area (Å²) in [7, 11) is 0. The number of hydrogen-bond acceptors (Lipinski definition) is 4. The molecule has 1 aromatic carbocycles. The number of fused-ring (bicyclic) bond motifs is 1. The summed E-state index contributed by atoms with van der Waals surface area (Å²) in [6.45, 7) is 2.55. The molecule has 1 saturated heterocycles. The van der Waals surface area contributed by atoms with E-state index in [0.29, 0.717) is 0 Å². The Bertz CT molecular complexity index is 543. The summed E-state index contributed by atoms with van der Waals surface area (Å²) in [6, 6.07) is 8.11. The molecule has 5 heteroatoms. The van der Waals surface area contributed by atoms with Crippen LogP contribution in [0.3, 0.4) is 0 Å². The maximum atomic E-state index is 5.67. The van der Waals surface area contributed by atoms with E-state index in [1.54, 1.807) is 0 Å². The molecule has 3 rings (SSSR count). The van der Waals surface area contributed by atoms with E-state index in [2.05, 4.69) is 37.1 Å². The lowest BCUT2D eigenvalue weighted by atomic mass is 10.1. The molecule has 4 nitrogen and oxygen atoms in total. The average molecular weight is 308 g/mol. The maximum absolute atomic E-state index is 5.67. The van der Waals surface area contributed by atoms with Crippen LogP contribution in [0.2, 0.25) is 0 Å². The minimum absolute atomic E-state index is 0.241. The minimum Gasteiger partial charge on any atom is -0.374 e. The Morgan fingerprint density at radius 3 is 3.17 bits per heavy atom. The van der Waals surface area contributed by atoms with Crippen LogP contribution >= 0.6 is 15.9 Å². The summed E-state index contributed by atoms with van der Waals surface area (Å²) in [5, 5.41) is 10.3. The van der Waals surface area contributed by atoms with Gasteiger partial charge in [0.05, 0.1) is 30.1 Å². The second kappa shape index (κ2) is 5.20. The van der Waals surface area contributed by atoms with Crippen LogP contribution < -0.4 is 4.90 Å². The predicted molar refractivity (Wildman–Crippen MR) is 75.3 cm³/mol. The van der Waals surface area contributed by atoms with Gasteiger partial charge in [-0.15, -0.1) is 0 Å². The molecule has 1 unspecified atom stereocenters.